The predicted octanol–water partition coefficient (Wildman–Crippen LogP) is 1.99. The van der Waals surface area contributed by atoms with E-state index in [9.17, 15) is 9.90 Å². The summed E-state index contributed by atoms with van der Waals surface area (Å²) in [5.41, 5.74) is 5.95. The molecular weight excluding hydrogens is 268 g/mol. The lowest BCUT2D eigenvalue weighted by Crippen LogP contribution is -2.54. The number of aromatic hydroxyl groups is 1. The molecule has 4 N–H and O–H groups in total. The van der Waals surface area contributed by atoms with E-state index in [1.807, 2.05) is 18.2 Å². The van der Waals surface area contributed by atoms with Crippen molar-refractivity contribution < 1.29 is 14.6 Å². The molecule has 1 heterocycles. The van der Waals surface area contributed by atoms with Crippen molar-refractivity contribution in [1.82, 2.24) is 0 Å². The molecule has 1 aliphatic rings. The van der Waals surface area contributed by atoms with E-state index in [1.165, 1.54) is 0 Å². The van der Waals surface area contributed by atoms with Crippen LogP contribution in [0.25, 0.3) is 10.8 Å². The van der Waals surface area contributed by atoms with E-state index < -0.39 is 5.54 Å². The van der Waals surface area contributed by atoms with Crippen molar-refractivity contribution in [1.29, 1.82) is 0 Å². The molecule has 5 nitrogen and oxygen atoms in total. The summed E-state index contributed by atoms with van der Waals surface area (Å²) in [6, 6.07) is 10.6. The van der Waals surface area contributed by atoms with E-state index in [2.05, 4.69) is 5.32 Å². The number of ether oxygens (including phenoxy) is 1. The van der Waals surface area contributed by atoms with E-state index in [4.69, 9.17) is 10.5 Å². The Kier molecular flexibility index (Phi) is 3.53. The van der Waals surface area contributed by atoms with Crippen LogP contribution in [-0.2, 0) is 9.53 Å². The fraction of sp³-hybridized carbons (Fsp3) is 0.312. The van der Waals surface area contributed by atoms with Crippen molar-refractivity contribution in [2.24, 2.45) is 5.73 Å². The first-order chi connectivity index (χ1) is 10.1. The van der Waals surface area contributed by atoms with Crippen molar-refractivity contribution in [3.05, 3.63) is 36.4 Å². The highest BCUT2D eigenvalue weighted by atomic mass is 16.5. The first kappa shape index (κ1) is 13.9. The Morgan fingerprint density at radius 3 is 2.57 bits per heavy atom. The first-order valence-electron chi connectivity index (χ1n) is 6.99. The van der Waals surface area contributed by atoms with E-state index in [-0.39, 0.29) is 11.7 Å². The minimum absolute atomic E-state index is 0.192. The normalized spacial score (nSPS) is 17.6. The summed E-state index contributed by atoms with van der Waals surface area (Å²) in [5.74, 6) is -0.0150. The van der Waals surface area contributed by atoms with Crippen molar-refractivity contribution >= 4 is 22.4 Å². The SMILES string of the molecule is NC1(C(=O)Nc2cccc3c(O)cccc23)CCOCC1. The molecule has 0 spiro atoms. The third-order valence-electron chi connectivity index (χ3n) is 3.98. The molecule has 0 atom stereocenters. The summed E-state index contributed by atoms with van der Waals surface area (Å²) >= 11 is 0. The molecule has 0 bridgehead atoms. The summed E-state index contributed by atoms with van der Waals surface area (Å²) in [6.07, 6.45) is 1.02. The van der Waals surface area contributed by atoms with Gasteiger partial charge in [0.1, 0.15) is 11.3 Å². The number of carbonyl (C=O) groups excluding carboxylic acids is 1. The third-order valence-corrected chi connectivity index (χ3v) is 3.98. The van der Waals surface area contributed by atoms with E-state index >= 15 is 0 Å². The number of hydrogen-bond acceptors (Lipinski definition) is 4. The van der Waals surface area contributed by atoms with Gasteiger partial charge in [-0.2, -0.15) is 0 Å². The Morgan fingerprint density at radius 1 is 1.14 bits per heavy atom. The van der Waals surface area contributed by atoms with Crippen LogP contribution in [0.5, 0.6) is 5.75 Å². The monoisotopic (exact) mass is 286 g/mol. The van der Waals surface area contributed by atoms with E-state index in [1.54, 1.807) is 18.2 Å². The number of benzene rings is 2. The van der Waals surface area contributed by atoms with Crippen LogP contribution in [-0.4, -0.2) is 29.8 Å². The number of carbonyl (C=O) groups is 1. The second kappa shape index (κ2) is 5.35. The van der Waals surface area contributed by atoms with Crippen LogP contribution in [0.3, 0.4) is 0 Å². The Bertz CT molecular complexity index is 678. The Morgan fingerprint density at radius 2 is 1.81 bits per heavy atom. The van der Waals surface area contributed by atoms with Gasteiger partial charge < -0.3 is 20.9 Å². The molecule has 1 saturated heterocycles. The van der Waals surface area contributed by atoms with Gasteiger partial charge in [0.2, 0.25) is 5.91 Å². The van der Waals surface area contributed by atoms with Crippen LogP contribution in [0.1, 0.15) is 12.8 Å². The first-order valence-corrected chi connectivity index (χ1v) is 6.99. The van der Waals surface area contributed by atoms with Gasteiger partial charge in [0.15, 0.2) is 0 Å². The van der Waals surface area contributed by atoms with Gasteiger partial charge in [-0.1, -0.05) is 24.3 Å². The highest BCUT2D eigenvalue weighted by Gasteiger charge is 2.36. The topological polar surface area (TPSA) is 84.6 Å². The summed E-state index contributed by atoms with van der Waals surface area (Å²) in [5, 5.41) is 14.3. The Hall–Kier alpha value is -2.11. The summed E-state index contributed by atoms with van der Waals surface area (Å²) in [7, 11) is 0. The number of rotatable bonds is 2. The van der Waals surface area contributed by atoms with Crippen LogP contribution in [0, 0.1) is 0 Å². The van der Waals surface area contributed by atoms with Crippen LogP contribution in [0.4, 0.5) is 5.69 Å². The number of phenols is 1. The number of fused-ring (bicyclic) bond motifs is 1. The second-order valence-electron chi connectivity index (χ2n) is 5.40. The van der Waals surface area contributed by atoms with Gasteiger partial charge >= 0.3 is 0 Å². The molecule has 0 saturated carbocycles. The fourth-order valence-corrected chi connectivity index (χ4v) is 2.61. The quantitative estimate of drug-likeness (QED) is 0.788. The number of amides is 1. The van der Waals surface area contributed by atoms with Gasteiger partial charge in [-0.25, -0.2) is 0 Å². The van der Waals surface area contributed by atoms with Crippen molar-refractivity contribution in [3.8, 4) is 5.75 Å². The molecule has 21 heavy (non-hydrogen) atoms. The molecule has 2 aromatic carbocycles. The fourth-order valence-electron chi connectivity index (χ4n) is 2.61. The molecule has 1 fully saturated rings. The van der Waals surface area contributed by atoms with Gasteiger partial charge in [-0.3, -0.25) is 4.79 Å². The maximum Gasteiger partial charge on any atom is 0.244 e. The van der Waals surface area contributed by atoms with Gasteiger partial charge in [0.05, 0.1) is 0 Å². The second-order valence-corrected chi connectivity index (χ2v) is 5.40. The van der Waals surface area contributed by atoms with Crippen LogP contribution in [0.15, 0.2) is 36.4 Å². The van der Waals surface area contributed by atoms with Crippen LogP contribution < -0.4 is 11.1 Å². The summed E-state index contributed by atoms with van der Waals surface area (Å²) < 4.78 is 5.26. The van der Waals surface area contributed by atoms with Gasteiger partial charge in [0, 0.05) is 29.7 Å². The Balaban J connectivity index is 1.91. The average molecular weight is 286 g/mol. The molecule has 110 valence electrons. The molecule has 3 rings (SSSR count). The largest absolute Gasteiger partial charge is 0.507 e. The lowest BCUT2D eigenvalue weighted by atomic mass is 9.90. The summed E-state index contributed by atoms with van der Waals surface area (Å²) in [4.78, 5) is 12.5. The molecule has 1 aliphatic heterocycles. The third kappa shape index (κ3) is 2.57. The van der Waals surface area contributed by atoms with E-state index in [0.29, 0.717) is 37.1 Å². The minimum atomic E-state index is -0.892. The zero-order chi connectivity index (χ0) is 14.9. The maximum atomic E-state index is 12.5. The molecule has 1 amide bonds. The van der Waals surface area contributed by atoms with Crippen LogP contribution >= 0.6 is 0 Å². The predicted molar refractivity (Wildman–Crippen MR) is 81.2 cm³/mol. The van der Waals surface area contributed by atoms with Crippen molar-refractivity contribution in [2.75, 3.05) is 18.5 Å². The minimum Gasteiger partial charge on any atom is -0.507 e. The van der Waals surface area contributed by atoms with Gasteiger partial charge in [-0.15, -0.1) is 0 Å². The van der Waals surface area contributed by atoms with Crippen molar-refractivity contribution in [2.45, 2.75) is 18.4 Å². The standard InChI is InChI=1S/C16H18N2O3/c17-16(7-9-21-10-8-16)15(20)18-13-5-1-4-12-11(13)3-2-6-14(12)19/h1-6,19H,7-10,17H2,(H,18,20). The van der Waals surface area contributed by atoms with Crippen LogP contribution in [0.2, 0.25) is 0 Å². The number of nitrogens with two attached hydrogens (primary N) is 1. The highest BCUT2D eigenvalue weighted by molar-refractivity contribution is 6.06. The van der Waals surface area contributed by atoms with Gasteiger partial charge in [-0.05, 0) is 25.0 Å². The molecule has 2 aromatic rings. The molecule has 0 aromatic heterocycles. The smallest absolute Gasteiger partial charge is 0.244 e. The number of nitrogens with one attached hydrogen (secondary N) is 1. The zero-order valence-corrected chi connectivity index (χ0v) is 11.6. The molecule has 5 heteroatoms. The average Bonchev–Trinajstić information content (AvgIpc) is 2.49. The number of anilines is 1. The molecule has 0 aliphatic carbocycles. The molecular formula is C16H18N2O3. The number of hydrogen-bond donors (Lipinski definition) is 3. The zero-order valence-electron chi connectivity index (χ0n) is 11.6. The highest BCUT2D eigenvalue weighted by Crippen LogP contribution is 2.30. The van der Waals surface area contributed by atoms with Crippen molar-refractivity contribution in [3.63, 3.8) is 0 Å². The maximum absolute atomic E-state index is 12.5. The number of phenolic OH excluding ortho intramolecular Hbond substituents is 1. The molecule has 0 radical (unpaired) electrons. The lowest BCUT2D eigenvalue weighted by molar-refractivity contribution is -0.124. The summed E-state index contributed by atoms with van der Waals surface area (Å²) in [6.45, 7) is 1.00. The molecule has 0 unspecified atom stereocenters. The van der Waals surface area contributed by atoms with Gasteiger partial charge in [0.25, 0.3) is 0 Å². The lowest BCUT2D eigenvalue weighted by Gasteiger charge is -2.31. The Labute approximate surface area is 122 Å². The van der Waals surface area contributed by atoms with E-state index in [0.717, 1.165) is 5.39 Å².